The normalized spacial score (nSPS) is 13.0. The zero-order valence-corrected chi connectivity index (χ0v) is 22.5. The van der Waals surface area contributed by atoms with Crippen molar-refractivity contribution in [2.24, 2.45) is 0 Å². The summed E-state index contributed by atoms with van der Waals surface area (Å²) in [6.45, 7) is 5.12. The average molecular weight is 570 g/mol. The third-order valence-corrected chi connectivity index (χ3v) is 8.35. The Bertz CT molecular complexity index is 1560. The minimum atomic E-state index is -4.64. The average Bonchev–Trinajstić information content (AvgIpc) is 2.80. The Balaban J connectivity index is 1.77. The molecule has 3 rings (SSSR count). The van der Waals surface area contributed by atoms with Crippen molar-refractivity contribution < 1.29 is 34.8 Å². The van der Waals surface area contributed by atoms with Crippen LogP contribution in [0, 0.1) is 13.8 Å². The molecule has 0 aromatic heterocycles. The van der Waals surface area contributed by atoms with Gasteiger partial charge in [-0.1, -0.05) is 12.1 Å². The Morgan fingerprint density at radius 1 is 0.868 bits per heavy atom. The summed E-state index contributed by atoms with van der Waals surface area (Å²) < 4.78 is 92.2. The zero-order chi connectivity index (χ0) is 28.5. The molecule has 204 valence electrons. The first kappa shape index (κ1) is 29.0. The first-order valence-electron chi connectivity index (χ1n) is 11.2. The third-order valence-electron chi connectivity index (χ3n) is 5.71. The van der Waals surface area contributed by atoms with Crippen molar-refractivity contribution in [2.75, 3.05) is 20.6 Å². The van der Waals surface area contributed by atoms with Gasteiger partial charge in [-0.25, -0.2) is 16.8 Å². The third kappa shape index (κ3) is 6.84. The Morgan fingerprint density at radius 2 is 1.50 bits per heavy atom. The van der Waals surface area contributed by atoms with E-state index in [1.54, 1.807) is 18.2 Å². The summed E-state index contributed by atoms with van der Waals surface area (Å²) in [5.74, 6) is -0.661. The van der Waals surface area contributed by atoms with E-state index in [-0.39, 0.29) is 16.3 Å². The van der Waals surface area contributed by atoms with Gasteiger partial charge in [0.1, 0.15) is 6.04 Å². The van der Waals surface area contributed by atoms with Gasteiger partial charge in [-0.05, 0) is 86.5 Å². The maximum absolute atomic E-state index is 12.9. The van der Waals surface area contributed by atoms with Crippen LogP contribution >= 0.6 is 0 Å². The van der Waals surface area contributed by atoms with Gasteiger partial charge in [0.2, 0.25) is 15.9 Å². The molecule has 3 aromatic rings. The van der Waals surface area contributed by atoms with Crippen molar-refractivity contribution >= 4 is 43.0 Å². The number of hydrogen-bond donors (Lipinski definition) is 2. The lowest BCUT2D eigenvalue weighted by Crippen LogP contribution is -2.45. The van der Waals surface area contributed by atoms with Crippen LogP contribution in [0.25, 0.3) is 0 Å². The second-order valence-electron chi connectivity index (χ2n) is 8.70. The monoisotopic (exact) mass is 569 g/mol. The maximum atomic E-state index is 12.9. The van der Waals surface area contributed by atoms with Crippen LogP contribution in [0.15, 0.2) is 71.6 Å². The molecule has 0 aliphatic carbocycles. The summed E-state index contributed by atoms with van der Waals surface area (Å²) in [4.78, 5) is 12.7. The van der Waals surface area contributed by atoms with E-state index >= 15 is 0 Å². The molecule has 0 saturated carbocycles. The molecular weight excluding hydrogens is 543 g/mol. The number of carbonyl (C=O) groups excluding carboxylic acids is 1. The second-order valence-corrected chi connectivity index (χ2v) is 12.2. The predicted molar refractivity (Wildman–Crippen MR) is 140 cm³/mol. The molecular formula is C25H26F3N3O5S2. The Labute approximate surface area is 219 Å². The number of hydrogen-bond acceptors (Lipinski definition) is 5. The van der Waals surface area contributed by atoms with E-state index in [9.17, 15) is 34.8 Å². The fraction of sp³-hybridized carbons (Fsp3) is 0.240. The molecule has 1 amide bonds. The van der Waals surface area contributed by atoms with Gasteiger partial charge >= 0.3 is 6.18 Å². The molecule has 8 nitrogen and oxygen atoms in total. The summed E-state index contributed by atoms with van der Waals surface area (Å²) in [5.41, 5.74) is 1.04. The first-order chi connectivity index (χ1) is 17.5. The number of alkyl halides is 3. The lowest BCUT2D eigenvalue weighted by Gasteiger charge is -2.28. The van der Waals surface area contributed by atoms with Crippen molar-refractivity contribution in [3.63, 3.8) is 0 Å². The standard InChI is InChI=1S/C25H26F3N3O5S2/c1-16-8-11-22(14-17(16)2)31(37(4,33)34)18(3)24(32)29-20-9-12-23(13-10-20)38(35,36)30-21-7-5-6-19(15-21)25(26,27)28/h5-15,18,30H,1-4H3,(H,29,32)/t18-/m0/s1. The van der Waals surface area contributed by atoms with Gasteiger partial charge in [-0.3, -0.25) is 13.8 Å². The Kier molecular flexibility index (Phi) is 8.13. The highest BCUT2D eigenvalue weighted by Gasteiger charge is 2.31. The molecule has 0 heterocycles. The molecule has 38 heavy (non-hydrogen) atoms. The molecule has 2 N–H and O–H groups in total. The number of aryl methyl sites for hydroxylation is 2. The van der Waals surface area contributed by atoms with Gasteiger partial charge in [-0.15, -0.1) is 0 Å². The SMILES string of the molecule is Cc1ccc(N([C@@H](C)C(=O)Nc2ccc(S(=O)(=O)Nc3cccc(C(F)(F)F)c3)cc2)S(C)(=O)=O)cc1C. The van der Waals surface area contributed by atoms with Gasteiger partial charge in [0, 0.05) is 11.4 Å². The van der Waals surface area contributed by atoms with Crippen LogP contribution in [-0.4, -0.2) is 35.0 Å². The summed E-state index contributed by atoms with van der Waals surface area (Å²) in [6.07, 6.45) is -3.65. The highest BCUT2D eigenvalue weighted by Crippen LogP contribution is 2.31. The highest BCUT2D eigenvalue weighted by molar-refractivity contribution is 7.92. The second kappa shape index (κ2) is 10.7. The number of carbonyl (C=O) groups is 1. The Morgan fingerprint density at radius 3 is 2.05 bits per heavy atom. The predicted octanol–water partition coefficient (Wildman–Crippen LogP) is 4.92. The van der Waals surface area contributed by atoms with E-state index in [0.29, 0.717) is 11.8 Å². The van der Waals surface area contributed by atoms with E-state index in [4.69, 9.17) is 0 Å². The maximum Gasteiger partial charge on any atom is 0.416 e. The molecule has 3 aromatic carbocycles. The van der Waals surface area contributed by atoms with Crippen LogP contribution in [0.5, 0.6) is 0 Å². The number of nitrogens with zero attached hydrogens (tertiary/aromatic N) is 1. The molecule has 0 aliphatic heterocycles. The van der Waals surface area contributed by atoms with E-state index in [0.717, 1.165) is 46.0 Å². The summed E-state index contributed by atoms with van der Waals surface area (Å²) in [6, 6.07) is 12.5. The molecule has 0 radical (unpaired) electrons. The molecule has 0 unspecified atom stereocenters. The number of nitrogens with one attached hydrogen (secondary N) is 2. The molecule has 0 fully saturated rings. The van der Waals surface area contributed by atoms with E-state index in [1.807, 2.05) is 13.8 Å². The van der Waals surface area contributed by atoms with Crippen LogP contribution in [0.3, 0.4) is 0 Å². The minimum Gasteiger partial charge on any atom is -0.324 e. The van der Waals surface area contributed by atoms with E-state index in [2.05, 4.69) is 10.0 Å². The Hall–Kier alpha value is -3.58. The zero-order valence-electron chi connectivity index (χ0n) is 20.9. The minimum absolute atomic E-state index is 0.188. The van der Waals surface area contributed by atoms with E-state index < -0.39 is 43.7 Å². The van der Waals surface area contributed by atoms with Crippen LogP contribution in [0.2, 0.25) is 0 Å². The first-order valence-corrected chi connectivity index (χ1v) is 14.5. The smallest absolute Gasteiger partial charge is 0.324 e. The summed E-state index contributed by atoms with van der Waals surface area (Å²) >= 11 is 0. The molecule has 0 saturated heterocycles. The van der Waals surface area contributed by atoms with Gasteiger partial charge in [0.05, 0.1) is 22.4 Å². The molecule has 0 aliphatic rings. The van der Waals surface area contributed by atoms with Crippen LogP contribution in [-0.2, 0) is 31.0 Å². The van der Waals surface area contributed by atoms with Gasteiger partial charge in [0.25, 0.3) is 10.0 Å². The summed E-state index contributed by atoms with van der Waals surface area (Å²) in [7, 11) is -8.07. The lowest BCUT2D eigenvalue weighted by molar-refractivity contribution is -0.137. The molecule has 0 spiro atoms. The van der Waals surface area contributed by atoms with Crippen molar-refractivity contribution in [3.8, 4) is 0 Å². The van der Waals surface area contributed by atoms with Crippen molar-refractivity contribution in [1.82, 2.24) is 0 Å². The molecule has 13 heteroatoms. The largest absolute Gasteiger partial charge is 0.416 e. The quantitative estimate of drug-likeness (QED) is 0.400. The van der Waals surface area contributed by atoms with E-state index in [1.165, 1.54) is 25.1 Å². The van der Waals surface area contributed by atoms with Crippen molar-refractivity contribution in [3.05, 3.63) is 83.4 Å². The number of halogens is 3. The van der Waals surface area contributed by atoms with Gasteiger partial charge in [-0.2, -0.15) is 13.2 Å². The number of rotatable bonds is 8. The van der Waals surface area contributed by atoms with Crippen molar-refractivity contribution in [2.45, 2.75) is 37.9 Å². The fourth-order valence-corrected chi connectivity index (χ4v) is 5.82. The fourth-order valence-electron chi connectivity index (χ4n) is 3.61. The molecule has 0 bridgehead atoms. The summed E-state index contributed by atoms with van der Waals surface area (Å²) in [5, 5.41) is 2.56. The lowest BCUT2D eigenvalue weighted by atomic mass is 10.1. The number of sulfonamides is 2. The van der Waals surface area contributed by atoms with Crippen molar-refractivity contribution in [1.29, 1.82) is 0 Å². The topological polar surface area (TPSA) is 113 Å². The number of amides is 1. The van der Waals surface area contributed by atoms with Crippen LogP contribution in [0.4, 0.5) is 30.2 Å². The highest BCUT2D eigenvalue weighted by atomic mass is 32.2. The van der Waals surface area contributed by atoms with Crippen LogP contribution < -0.4 is 14.3 Å². The van der Waals surface area contributed by atoms with Gasteiger partial charge < -0.3 is 5.32 Å². The van der Waals surface area contributed by atoms with Crippen LogP contribution in [0.1, 0.15) is 23.6 Å². The van der Waals surface area contributed by atoms with Gasteiger partial charge in [0.15, 0.2) is 0 Å². The number of benzene rings is 3. The molecule has 1 atom stereocenters. The number of anilines is 3.